The van der Waals surface area contributed by atoms with Crippen molar-refractivity contribution in [3.05, 3.63) is 46.8 Å². The highest BCUT2D eigenvalue weighted by atomic mass is 19.1. The van der Waals surface area contributed by atoms with E-state index in [0.29, 0.717) is 6.07 Å². The number of hydrogen-bond acceptors (Lipinski definition) is 4. The zero-order chi connectivity index (χ0) is 14.9. The van der Waals surface area contributed by atoms with Gasteiger partial charge in [0.15, 0.2) is 5.69 Å². The van der Waals surface area contributed by atoms with Crippen molar-refractivity contribution >= 4 is 11.9 Å². The minimum absolute atomic E-state index is 0.0456. The van der Waals surface area contributed by atoms with E-state index in [4.69, 9.17) is 10.2 Å². The normalized spacial score (nSPS) is 10.5. The van der Waals surface area contributed by atoms with Crippen LogP contribution in [-0.2, 0) is 6.54 Å². The van der Waals surface area contributed by atoms with Crippen LogP contribution in [0.2, 0.25) is 0 Å². The maximum atomic E-state index is 13.5. The maximum absolute atomic E-state index is 13.5. The number of halogens is 2. The summed E-state index contributed by atoms with van der Waals surface area (Å²) in [5, 5.41) is 24.3. The minimum Gasteiger partial charge on any atom is -0.476 e. The van der Waals surface area contributed by atoms with Crippen molar-refractivity contribution in [1.82, 2.24) is 15.0 Å². The Morgan fingerprint density at radius 3 is 2.45 bits per heavy atom. The van der Waals surface area contributed by atoms with Crippen LogP contribution in [0.5, 0.6) is 0 Å². The van der Waals surface area contributed by atoms with Gasteiger partial charge in [-0.2, -0.15) is 0 Å². The van der Waals surface area contributed by atoms with Gasteiger partial charge in [0.05, 0.1) is 6.54 Å². The lowest BCUT2D eigenvalue weighted by Crippen LogP contribution is -2.15. The fourth-order valence-electron chi connectivity index (χ4n) is 1.59. The number of carboxylic acids is 2. The van der Waals surface area contributed by atoms with E-state index in [2.05, 4.69) is 10.3 Å². The number of carboxylic acid groups (broad SMARTS) is 2. The monoisotopic (exact) mass is 283 g/mol. The molecule has 20 heavy (non-hydrogen) atoms. The summed E-state index contributed by atoms with van der Waals surface area (Å²) in [5.41, 5.74) is -1.48. The first kappa shape index (κ1) is 13.6. The molecule has 0 fully saturated rings. The zero-order valence-electron chi connectivity index (χ0n) is 9.75. The van der Waals surface area contributed by atoms with E-state index in [1.807, 2.05) is 0 Å². The van der Waals surface area contributed by atoms with Gasteiger partial charge in [0.2, 0.25) is 5.69 Å². The van der Waals surface area contributed by atoms with Gasteiger partial charge in [-0.05, 0) is 6.07 Å². The van der Waals surface area contributed by atoms with Crippen LogP contribution < -0.4 is 0 Å². The molecule has 1 aromatic carbocycles. The third-order valence-corrected chi connectivity index (χ3v) is 2.48. The first-order valence-corrected chi connectivity index (χ1v) is 5.24. The van der Waals surface area contributed by atoms with Gasteiger partial charge in [-0.1, -0.05) is 11.3 Å². The Balaban J connectivity index is 2.43. The van der Waals surface area contributed by atoms with E-state index in [0.717, 1.165) is 16.8 Å². The molecule has 0 amide bonds. The fraction of sp³-hybridized carbons (Fsp3) is 0.0909. The number of aromatic carboxylic acids is 2. The Kier molecular flexibility index (Phi) is 3.42. The number of rotatable bonds is 4. The Hall–Kier alpha value is -2.84. The molecule has 2 rings (SSSR count). The van der Waals surface area contributed by atoms with Crippen molar-refractivity contribution < 1.29 is 28.6 Å². The Morgan fingerprint density at radius 1 is 1.20 bits per heavy atom. The zero-order valence-corrected chi connectivity index (χ0v) is 9.75. The number of aromatic nitrogens is 3. The molecule has 0 atom stereocenters. The van der Waals surface area contributed by atoms with Crippen LogP contribution >= 0.6 is 0 Å². The second-order valence-corrected chi connectivity index (χ2v) is 3.79. The summed E-state index contributed by atoms with van der Waals surface area (Å²) in [6.45, 7) is -0.381. The van der Waals surface area contributed by atoms with Crippen molar-refractivity contribution in [2.45, 2.75) is 6.54 Å². The highest BCUT2D eigenvalue weighted by Gasteiger charge is 2.25. The summed E-state index contributed by atoms with van der Waals surface area (Å²) in [6, 6.07) is 2.73. The molecular weight excluding hydrogens is 276 g/mol. The van der Waals surface area contributed by atoms with E-state index >= 15 is 0 Å². The van der Waals surface area contributed by atoms with Crippen molar-refractivity contribution in [3.63, 3.8) is 0 Å². The van der Waals surface area contributed by atoms with Crippen LogP contribution in [0.3, 0.4) is 0 Å². The van der Waals surface area contributed by atoms with Gasteiger partial charge in [0.1, 0.15) is 11.6 Å². The summed E-state index contributed by atoms with van der Waals surface area (Å²) in [4.78, 5) is 21.8. The number of carbonyl (C=O) groups is 2. The van der Waals surface area contributed by atoms with Crippen molar-refractivity contribution in [2.24, 2.45) is 0 Å². The third-order valence-electron chi connectivity index (χ3n) is 2.48. The molecule has 104 valence electrons. The first-order chi connectivity index (χ1) is 9.40. The topological polar surface area (TPSA) is 105 Å². The number of benzene rings is 1. The summed E-state index contributed by atoms with van der Waals surface area (Å²) in [6.07, 6.45) is 0. The van der Waals surface area contributed by atoms with Crippen LogP contribution in [0.4, 0.5) is 8.78 Å². The smallest absolute Gasteiger partial charge is 0.359 e. The third kappa shape index (κ3) is 2.46. The van der Waals surface area contributed by atoms with Crippen LogP contribution in [0, 0.1) is 11.6 Å². The summed E-state index contributed by atoms with van der Waals surface area (Å²) in [7, 11) is 0. The van der Waals surface area contributed by atoms with Crippen LogP contribution in [0.15, 0.2) is 18.2 Å². The minimum atomic E-state index is -1.56. The van der Waals surface area contributed by atoms with Gasteiger partial charge >= 0.3 is 11.9 Å². The molecule has 2 N–H and O–H groups in total. The SMILES string of the molecule is O=C(O)c1nnn(Cc2ccc(F)cc2F)c1C(=O)O. The molecule has 0 spiro atoms. The second-order valence-electron chi connectivity index (χ2n) is 3.79. The Labute approximate surface area is 110 Å². The maximum Gasteiger partial charge on any atom is 0.359 e. The summed E-state index contributed by atoms with van der Waals surface area (Å²) in [5.74, 6) is -4.80. The molecule has 1 aromatic heterocycles. The largest absolute Gasteiger partial charge is 0.476 e. The Morgan fingerprint density at radius 2 is 1.90 bits per heavy atom. The predicted octanol–water partition coefficient (Wildman–Crippen LogP) is 1.00. The van der Waals surface area contributed by atoms with Gasteiger partial charge < -0.3 is 10.2 Å². The van der Waals surface area contributed by atoms with Crippen molar-refractivity contribution in [2.75, 3.05) is 0 Å². The number of nitrogens with zero attached hydrogens (tertiary/aromatic N) is 3. The van der Waals surface area contributed by atoms with Crippen molar-refractivity contribution in [1.29, 1.82) is 0 Å². The quantitative estimate of drug-likeness (QED) is 0.867. The molecule has 0 unspecified atom stereocenters. The van der Waals surface area contributed by atoms with Gasteiger partial charge in [-0.15, -0.1) is 5.10 Å². The molecule has 0 saturated heterocycles. The molecule has 0 aliphatic heterocycles. The molecule has 7 nitrogen and oxygen atoms in total. The van der Waals surface area contributed by atoms with Gasteiger partial charge in [-0.25, -0.2) is 23.1 Å². The van der Waals surface area contributed by atoms with Crippen LogP contribution in [-0.4, -0.2) is 37.1 Å². The van der Waals surface area contributed by atoms with E-state index in [1.165, 1.54) is 0 Å². The van der Waals surface area contributed by atoms with E-state index in [-0.39, 0.29) is 12.1 Å². The standard InChI is InChI=1S/C11H7F2N3O4/c12-6-2-1-5(7(13)3-6)4-16-9(11(19)20)8(10(17)18)14-15-16/h1-3H,4H2,(H,17,18)(H,19,20). The molecule has 2 aromatic rings. The molecule has 0 saturated carbocycles. The van der Waals surface area contributed by atoms with Crippen molar-refractivity contribution in [3.8, 4) is 0 Å². The summed E-state index contributed by atoms with van der Waals surface area (Å²) >= 11 is 0. The average Bonchev–Trinajstić information content (AvgIpc) is 2.76. The van der Waals surface area contributed by atoms with Gasteiger partial charge in [0, 0.05) is 11.6 Å². The number of hydrogen-bond donors (Lipinski definition) is 2. The van der Waals surface area contributed by atoms with Crippen LogP contribution in [0.25, 0.3) is 0 Å². The molecule has 0 radical (unpaired) electrons. The first-order valence-electron chi connectivity index (χ1n) is 5.24. The fourth-order valence-corrected chi connectivity index (χ4v) is 1.59. The van der Waals surface area contributed by atoms with Gasteiger partial charge in [0.25, 0.3) is 0 Å². The van der Waals surface area contributed by atoms with Crippen LogP contribution in [0.1, 0.15) is 26.5 Å². The van der Waals surface area contributed by atoms with E-state index in [1.54, 1.807) is 0 Å². The molecule has 9 heteroatoms. The molecule has 0 aliphatic carbocycles. The highest BCUT2D eigenvalue weighted by molar-refractivity contribution is 5.98. The molecule has 0 aliphatic rings. The lowest BCUT2D eigenvalue weighted by molar-refractivity contribution is 0.0640. The highest BCUT2D eigenvalue weighted by Crippen LogP contribution is 2.13. The average molecular weight is 283 g/mol. The predicted molar refractivity (Wildman–Crippen MR) is 59.4 cm³/mol. The Bertz CT molecular complexity index is 699. The molecular formula is C11H7F2N3O4. The van der Waals surface area contributed by atoms with E-state index in [9.17, 15) is 18.4 Å². The van der Waals surface area contributed by atoms with Gasteiger partial charge in [-0.3, -0.25) is 0 Å². The lowest BCUT2D eigenvalue weighted by atomic mass is 10.2. The van der Waals surface area contributed by atoms with E-state index < -0.39 is 35.0 Å². The molecule has 0 bridgehead atoms. The second kappa shape index (κ2) is 5.03. The summed E-state index contributed by atoms with van der Waals surface area (Å²) < 4.78 is 27.0. The molecule has 1 heterocycles. The lowest BCUT2D eigenvalue weighted by Gasteiger charge is -2.05.